The number of aromatic nitrogens is 1. The van der Waals surface area contributed by atoms with Gasteiger partial charge in [-0.05, 0) is 37.5 Å². The Kier molecular flexibility index (Phi) is 7.05. The van der Waals surface area contributed by atoms with Gasteiger partial charge in [-0.3, -0.25) is 4.79 Å². The van der Waals surface area contributed by atoms with Gasteiger partial charge in [0, 0.05) is 32.7 Å². The fraction of sp³-hybridized carbons (Fsp3) is 0.409. The van der Waals surface area contributed by atoms with Crippen LogP contribution in [0.15, 0.2) is 48.7 Å². The standard InChI is InChI=1S/C22H28N4O3/c1-3-29-22(28)26-13-11-18(12-14-26)24-21(27)20-10-9-19(15-23-20)25(2)16-17-7-5-4-6-8-17/h4-10,15,18H,3,11-14,16H2,1-2H3,(H,24,27). The van der Waals surface area contributed by atoms with Crippen molar-refractivity contribution in [3.63, 3.8) is 0 Å². The lowest BCUT2D eigenvalue weighted by molar-refractivity contribution is 0.0856. The van der Waals surface area contributed by atoms with Gasteiger partial charge in [0.15, 0.2) is 0 Å². The monoisotopic (exact) mass is 396 g/mol. The first-order valence-electron chi connectivity index (χ1n) is 10.0. The highest BCUT2D eigenvalue weighted by molar-refractivity contribution is 5.92. The fourth-order valence-electron chi connectivity index (χ4n) is 3.38. The molecule has 1 aliphatic heterocycles. The Morgan fingerprint density at radius 3 is 2.52 bits per heavy atom. The second-order valence-electron chi connectivity index (χ2n) is 7.18. The quantitative estimate of drug-likeness (QED) is 0.812. The molecular weight excluding hydrogens is 368 g/mol. The number of ether oxygens (including phenoxy) is 1. The molecule has 7 nitrogen and oxygen atoms in total. The smallest absolute Gasteiger partial charge is 0.409 e. The van der Waals surface area contributed by atoms with E-state index in [0.29, 0.717) is 38.2 Å². The largest absolute Gasteiger partial charge is 0.450 e. The Hall–Kier alpha value is -3.09. The van der Waals surface area contributed by atoms with Crippen LogP contribution in [0.1, 0.15) is 35.8 Å². The summed E-state index contributed by atoms with van der Waals surface area (Å²) in [4.78, 5) is 32.4. The minimum Gasteiger partial charge on any atom is -0.450 e. The summed E-state index contributed by atoms with van der Waals surface area (Å²) in [6, 6.07) is 13.9. The summed E-state index contributed by atoms with van der Waals surface area (Å²) in [6.07, 6.45) is 2.86. The van der Waals surface area contributed by atoms with Crippen molar-refractivity contribution in [2.24, 2.45) is 0 Å². The summed E-state index contributed by atoms with van der Waals surface area (Å²) >= 11 is 0. The van der Waals surface area contributed by atoms with Crippen molar-refractivity contribution >= 4 is 17.7 Å². The summed E-state index contributed by atoms with van der Waals surface area (Å²) in [5.74, 6) is -0.183. The van der Waals surface area contributed by atoms with Gasteiger partial charge in [0.2, 0.25) is 0 Å². The van der Waals surface area contributed by atoms with E-state index in [1.807, 2.05) is 31.3 Å². The molecular formula is C22H28N4O3. The van der Waals surface area contributed by atoms with Crippen LogP contribution in [-0.4, -0.2) is 54.7 Å². The van der Waals surface area contributed by atoms with Crippen LogP contribution in [0.2, 0.25) is 0 Å². The number of amides is 2. The van der Waals surface area contributed by atoms with Gasteiger partial charge in [0.05, 0.1) is 18.5 Å². The lowest BCUT2D eigenvalue weighted by Gasteiger charge is -2.31. The highest BCUT2D eigenvalue weighted by Gasteiger charge is 2.25. The van der Waals surface area contributed by atoms with Gasteiger partial charge < -0.3 is 19.9 Å². The van der Waals surface area contributed by atoms with Crippen molar-refractivity contribution in [1.29, 1.82) is 0 Å². The maximum absolute atomic E-state index is 12.5. The third-order valence-electron chi connectivity index (χ3n) is 5.04. The SMILES string of the molecule is CCOC(=O)N1CCC(NC(=O)c2ccc(N(C)Cc3ccccc3)cn2)CC1. The molecule has 29 heavy (non-hydrogen) atoms. The van der Waals surface area contributed by atoms with E-state index in [1.165, 1.54) is 5.56 Å². The lowest BCUT2D eigenvalue weighted by atomic mass is 10.1. The highest BCUT2D eigenvalue weighted by atomic mass is 16.6. The number of rotatable bonds is 6. The minimum absolute atomic E-state index is 0.0374. The Bertz CT molecular complexity index is 803. The maximum Gasteiger partial charge on any atom is 0.409 e. The maximum atomic E-state index is 12.5. The molecule has 1 N–H and O–H groups in total. The topological polar surface area (TPSA) is 74.8 Å². The molecule has 2 aromatic rings. The van der Waals surface area contributed by atoms with E-state index < -0.39 is 0 Å². The van der Waals surface area contributed by atoms with Gasteiger partial charge in [0.25, 0.3) is 5.91 Å². The zero-order valence-electron chi connectivity index (χ0n) is 17.0. The van der Waals surface area contributed by atoms with Crippen molar-refractivity contribution in [3.8, 4) is 0 Å². The average Bonchev–Trinajstić information content (AvgIpc) is 2.75. The van der Waals surface area contributed by atoms with Gasteiger partial charge in [-0.15, -0.1) is 0 Å². The summed E-state index contributed by atoms with van der Waals surface area (Å²) in [5.41, 5.74) is 2.56. The average molecular weight is 396 g/mol. The molecule has 154 valence electrons. The third-order valence-corrected chi connectivity index (χ3v) is 5.04. The molecule has 1 saturated heterocycles. The summed E-state index contributed by atoms with van der Waals surface area (Å²) in [6.45, 7) is 4.11. The van der Waals surface area contributed by atoms with Gasteiger partial charge >= 0.3 is 6.09 Å². The number of benzene rings is 1. The Morgan fingerprint density at radius 1 is 1.17 bits per heavy atom. The van der Waals surface area contributed by atoms with Crippen molar-refractivity contribution in [1.82, 2.24) is 15.2 Å². The van der Waals surface area contributed by atoms with Crippen molar-refractivity contribution in [2.75, 3.05) is 31.6 Å². The number of hydrogen-bond donors (Lipinski definition) is 1. The molecule has 1 aliphatic rings. The van der Waals surface area contributed by atoms with E-state index >= 15 is 0 Å². The Labute approximate surface area is 171 Å². The molecule has 0 unspecified atom stereocenters. The number of piperidine rings is 1. The van der Waals surface area contributed by atoms with E-state index in [0.717, 1.165) is 12.2 Å². The van der Waals surface area contributed by atoms with Crippen molar-refractivity contribution in [2.45, 2.75) is 32.4 Å². The van der Waals surface area contributed by atoms with Gasteiger partial charge in [-0.1, -0.05) is 30.3 Å². The van der Waals surface area contributed by atoms with Crippen molar-refractivity contribution in [3.05, 3.63) is 59.9 Å². The van der Waals surface area contributed by atoms with Crippen LogP contribution in [0, 0.1) is 0 Å². The molecule has 3 rings (SSSR count). The molecule has 1 aromatic carbocycles. The second kappa shape index (κ2) is 9.91. The molecule has 0 aliphatic carbocycles. The van der Waals surface area contributed by atoms with Crippen LogP contribution in [0.4, 0.5) is 10.5 Å². The highest BCUT2D eigenvalue weighted by Crippen LogP contribution is 2.16. The minimum atomic E-state index is -0.283. The molecule has 0 spiro atoms. The van der Waals surface area contributed by atoms with Crippen LogP contribution in [0.3, 0.4) is 0 Å². The Morgan fingerprint density at radius 2 is 1.90 bits per heavy atom. The Balaban J connectivity index is 1.50. The molecule has 7 heteroatoms. The van der Waals surface area contributed by atoms with E-state index in [-0.39, 0.29) is 18.0 Å². The van der Waals surface area contributed by atoms with Gasteiger partial charge in [-0.25, -0.2) is 9.78 Å². The van der Waals surface area contributed by atoms with Crippen molar-refractivity contribution < 1.29 is 14.3 Å². The lowest BCUT2D eigenvalue weighted by Crippen LogP contribution is -2.46. The molecule has 1 aromatic heterocycles. The van der Waals surface area contributed by atoms with Crippen LogP contribution >= 0.6 is 0 Å². The molecule has 1 fully saturated rings. The number of nitrogens with one attached hydrogen (secondary N) is 1. The number of carbonyl (C=O) groups is 2. The number of nitrogens with zero attached hydrogens (tertiary/aromatic N) is 3. The first-order chi connectivity index (χ1) is 14.1. The zero-order valence-corrected chi connectivity index (χ0v) is 17.0. The summed E-state index contributed by atoms with van der Waals surface area (Å²) < 4.78 is 5.02. The molecule has 0 saturated carbocycles. The zero-order chi connectivity index (χ0) is 20.6. The van der Waals surface area contributed by atoms with E-state index in [9.17, 15) is 9.59 Å². The van der Waals surface area contributed by atoms with Crippen LogP contribution in [-0.2, 0) is 11.3 Å². The number of anilines is 1. The van der Waals surface area contributed by atoms with Crippen LogP contribution in [0.25, 0.3) is 0 Å². The third kappa shape index (κ3) is 5.70. The first-order valence-corrected chi connectivity index (χ1v) is 10.0. The predicted octanol–water partition coefficient (Wildman–Crippen LogP) is 3.07. The summed E-state index contributed by atoms with van der Waals surface area (Å²) in [5, 5.41) is 3.02. The van der Waals surface area contributed by atoms with E-state index in [4.69, 9.17) is 4.74 Å². The molecule has 2 amide bonds. The summed E-state index contributed by atoms with van der Waals surface area (Å²) in [7, 11) is 2.00. The fourth-order valence-corrected chi connectivity index (χ4v) is 3.38. The number of likely N-dealkylation sites (tertiary alicyclic amines) is 1. The molecule has 0 bridgehead atoms. The van der Waals surface area contributed by atoms with Crippen LogP contribution in [0.5, 0.6) is 0 Å². The molecule has 2 heterocycles. The van der Waals surface area contributed by atoms with Gasteiger partial charge in [0.1, 0.15) is 5.69 Å². The number of hydrogen-bond acceptors (Lipinski definition) is 5. The second-order valence-corrected chi connectivity index (χ2v) is 7.18. The van der Waals surface area contributed by atoms with E-state index in [2.05, 4.69) is 27.3 Å². The van der Waals surface area contributed by atoms with Crippen LogP contribution < -0.4 is 10.2 Å². The number of carbonyl (C=O) groups excluding carboxylic acids is 2. The molecule has 0 atom stereocenters. The number of pyridine rings is 1. The predicted molar refractivity (Wildman–Crippen MR) is 112 cm³/mol. The molecule has 0 radical (unpaired) electrons. The normalized spacial score (nSPS) is 14.3. The first kappa shape index (κ1) is 20.6. The van der Waals surface area contributed by atoms with Gasteiger partial charge in [-0.2, -0.15) is 0 Å². The van der Waals surface area contributed by atoms with E-state index in [1.54, 1.807) is 24.1 Å².